The standard InChI is InChI=1S/C22H27N3O4S/c1-15-4-5-20(28-3)21(10-15)30(26,27)24-19-12-17(11-18-6-9-29-22(18)19)14-25-8-7-23-16(2)13-25/h4-6,9-12,16,23-24H,7-8,13-14H2,1-3H3. The molecule has 2 N–H and O–H groups in total. The van der Waals surface area contributed by atoms with E-state index in [0.717, 1.165) is 42.7 Å². The number of anilines is 1. The van der Waals surface area contributed by atoms with Crippen LogP contribution in [-0.4, -0.2) is 46.1 Å². The Morgan fingerprint density at radius 1 is 1.27 bits per heavy atom. The van der Waals surface area contributed by atoms with Crippen molar-refractivity contribution in [1.29, 1.82) is 0 Å². The van der Waals surface area contributed by atoms with Crippen molar-refractivity contribution in [2.75, 3.05) is 31.5 Å². The summed E-state index contributed by atoms with van der Waals surface area (Å²) in [6.07, 6.45) is 1.58. The number of rotatable bonds is 6. The van der Waals surface area contributed by atoms with Crippen molar-refractivity contribution in [1.82, 2.24) is 10.2 Å². The molecule has 1 unspecified atom stereocenters. The number of nitrogens with zero attached hydrogens (tertiary/aromatic N) is 1. The maximum atomic E-state index is 13.2. The Morgan fingerprint density at radius 2 is 2.10 bits per heavy atom. The molecule has 2 heterocycles. The summed E-state index contributed by atoms with van der Waals surface area (Å²) in [5.41, 5.74) is 2.81. The van der Waals surface area contributed by atoms with Gasteiger partial charge < -0.3 is 14.5 Å². The quantitative estimate of drug-likeness (QED) is 0.625. The van der Waals surface area contributed by atoms with Crippen LogP contribution in [0.25, 0.3) is 11.0 Å². The van der Waals surface area contributed by atoms with Crippen LogP contribution in [0.15, 0.2) is 52.0 Å². The summed E-state index contributed by atoms with van der Waals surface area (Å²) < 4.78 is 40.0. The van der Waals surface area contributed by atoms with E-state index in [4.69, 9.17) is 9.15 Å². The van der Waals surface area contributed by atoms with Gasteiger partial charge in [-0.2, -0.15) is 0 Å². The number of nitrogens with one attached hydrogen (secondary N) is 2. The maximum Gasteiger partial charge on any atom is 0.265 e. The molecule has 3 aromatic rings. The topological polar surface area (TPSA) is 83.8 Å². The molecule has 0 amide bonds. The fourth-order valence-electron chi connectivity index (χ4n) is 3.92. The number of hydrogen-bond acceptors (Lipinski definition) is 6. The summed E-state index contributed by atoms with van der Waals surface area (Å²) in [5.74, 6) is 0.301. The normalized spacial score (nSPS) is 17.9. The van der Waals surface area contributed by atoms with Gasteiger partial charge in [-0.15, -0.1) is 0 Å². The van der Waals surface area contributed by atoms with Gasteiger partial charge in [0.1, 0.15) is 10.6 Å². The minimum atomic E-state index is -3.87. The summed E-state index contributed by atoms with van der Waals surface area (Å²) >= 11 is 0. The summed E-state index contributed by atoms with van der Waals surface area (Å²) in [5, 5.41) is 4.30. The summed E-state index contributed by atoms with van der Waals surface area (Å²) in [6.45, 7) is 7.61. The van der Waals surface area contributed by atoms with Gasteiger partial charge in [-0.05, 0) is 55.3 Å². The highest BCUT2D eigenvalue weighted by atomic mass is 32.2. The highest BCUT2D eigenvalue weighted by Gasteiger charge is 2.23. The predicted molar refractivity (Wildman–Crippen MR) is 117 cm³/mol. The van der Waals surface area contributed by atoms with Crippen LogP contribution in [0, 0.1) is 6.92 Å². The molecule has 2 aromatic carbocycles. The minimum absolute atomic E-state index is 0.103. The van der Waals surface area contributed by atoms with Crippen LogP contribution >= 0.6 is 0 Å². The number of fused-ring (bicyclic) bond motifs is 1. The van der Waals surface area contributed by atoms with Gasteiger partial charge >= 0.3 is 0 Å². The van der Waals surface area contributed by atoms with Gasteiger partial charge in [0.2, 0.25) is 0 Å². The number of aryl methyl sites for hydroxylation is 1. The van der Waals surface area contributed by atoms with Gasteiger partial charge in [0.05, 0.1) is 19.1 Å². The summed E-state index contributed by atoms with van der Waals surface area (Å²) in [7, 11) is -2.40. The third-order valence-electron chi connectivity index (χ3n) is 5.32. The molecule has 1 aliphatic heterocycles. The van der Waals surface area contributed by atoms with Crippen LogP contribution in [0.4, 0.5) is 5.69 Å². The van der Waals surface area contributed by atoms with Crippen molar-refractivity contribution >= 4 is 26.7 Å². The second-order valence-corrected chi connectivity index (χ2v) is 9.48. The molecule has 7 nitrogen and oxygen atoms in total. The summed E-state index contributed by atoms with van der Waals surface area (Å²) in [4.78, 5) is 2.47. The first-order chi connectivity index (χ1) is 14.4. The van der Waals surface area contributed by atoms with Crippen LogP contribution < -0.4 is 14.8 Å². The van der Waals surface area contributed by atoms with E-state index in [1.807, 2.05) is 25.1 Å². The molecule has 0 radical (unpaired) electrons. The lowest BCUT2D eigenvalue weighted by Crippen LogP contribution is -2.48. The Bertz CT molecular complexity index is 1160. The third kappa shape index (κ3) is 4.30. The van der Waals surface area contributed by atoms with E-state index >= 15 is 0 Å². The monoisotopic (exact) mass is 429 g/mol. The number of benzene rings is 2. The second-order valence-electron chi connectivity index (χ2n) is 7.83. The first-order valence-corrected chi connectivity index (χ1v) is 11.5. The van der Waals surface area contributed by atoms with Crippen molar-refractivity contribution in [2.24, 2.45) is 0 Å². The highest BCUT2D eigenvalue weighted by Crippen LogP contribution is 2.32. The van der Waals surface area contributed by atoms with Crippen molar-refractivity contribution in [3.8, 4) is 5.75 Å². The Hall–Kier alpha value is -2.55. The van der Waals surface area contributed by atoms with Crippen LogP contribution in [0.2, 0.25) is 0 Å². The van der Waals surface area contributed by atoms with E-state index < -0.39 is 10.0 Å². The number of ether oxygens (including phenoxy) is 1. The van der Waals surface area contributed by atoms with Gasteiger partial charge in [-0.25, -0.2) is 8.42 Å². The summed E-state index contributed by atoms with van der Waals surface area (Å²) in [6, 6.07) is 11.3. The molecule has 0 aliphatic carbocycles. The number of piperazine rings is 1. The van der Waals surface area contributed by atoms with Crippen LogP contribution in [0.1, 0.15) is 18.1 Å². The largest absolute Gasteiger partial charge is 0.495 e. The molecule has 30 heavy (non-hydrogen) atoms. The first-order valence-electron chi connectivity index (χ1n) is 9.99. The zero-order valence-corrected chi connectivity index (χ0v) is 18.3. The molecule has 8 heteroatoms. The predicted octanol–water partition coefficient (Wildman–Crippen LogP) is 3.34. The Morgan fingerprint density at radius 3 is 2.87 bits per heavy atom. The van der Waals surface area contributed by atoms with Gasteiger partial charge in [0.15, 0.2) is 5.58 Å². The zero-order chi connectivity index (χ0) is 21.3. The maximum absolute atomic E-state index is 13.2. The molecule has 1 atom stereocenters. The molecular formula is C22H27N3O4S. The molecular weight excluding hydrogens is 402 g/mol. The SMILES string of the molecule is COc1ccc(C)cc1S(=O)(=O)Nc1cc(CN2CCNC(C)C2)cc2ccoc12. The fraction of sp³-hybridized carbons (Fsp3) is 0.364. The molecule has 0 spiro atoms. The lowest BCUT2D eigenvalue weighted by atomic mass is 10.1. The fourth-order valence-corrected chi connectivity index (χ4v) is 5.23. The van der Waals surface area contributed by atoms with E-state index in [2.05, 4.69) is 27.9 Å². The molecule has 1 fully saturated rings. The average molecular weight is 430 g/mol. The number of hydrogen-bond donors (Lipinski definition) is 2. The van der Waals surface area contributed by atoms with Crippen LogP contribution in [0.3, 0.4) is 0 Å². The Balaban J connectivity index is 1.68. The van der Waals surface area contributed by atoms with Gasteiger partial charge in [-0.3, -0.25) is 9.62 Å². The van der Waals surface area contributed by atoms with Crippen LogP contribution in [-0.2, 0) is 16.6 Å². The van der Waals surface area contributed by atoms with Gasteiger partial charge in [0.25, 0.3) is 10.0 Å². The number of furan rings is 1. The second kappa shape index (κ2) is 8.29. The van der Waals surface area contributed by atoms with Crippen molar-refractivity contribution < 1.29 is 17.6 Å². The lowest BCUT2D eigenvalue weighted by molar-refractivity contribution is 0.200. The molecule has 0 bridgehead atoms. The van der Waals surface area contributed by atoms with Crippen molar-refractivity contribution in [2.45, 2.75) is 31.3 Å². The molecule has 4 rings (SSSR count). The van der Waals surface area contributed by atoms with Gasteiger partial charge in [-0.1, -0.05) is 6.07 Å². The third-order valence-corrected chi connectivity index (χ3v) is 6.71. The van der Waals surface area contributed by atoms with E-state index in [-0.39, 0.29) is 4.90 Å². The average Bonchev–Trinajstić information content (AvgIpc) is 3.17. The number of methoxy groups -OCH3 is 1. The molecule has 160 valence electrons. The first kappa shape index (κ1) is 20.7. The van der Waals surface area contributed by atoms with Crippen molar-refractivity contribution in [3.05, 3.63) is 53.8 Å². The van der Waals surface area contributed by atoms with E-state index in [1.165, 1.54) is 7.11 Å². The zero-order valence-electron chi connectivity index (χ0n) is 17.4. The van der Waals surface area contributed by atoms with Crippen molar-refractivity contribution in [3.63, 3.8) is 0 Å². The Kier molecular flexibility index (Phi) is 5.73. The molecule has 1 aliphatic rings. The van der Waals surface area contributed by atoms with E-state index in [0.29, 0.717) is 23.1 Å². The Labute approximate surface area is 177 Å². The lowest BCUT2D eigenvalue weighted by Gasteiger charge is -2.31. The molecule has 1 saturated heterocycles. The molecule has 0 saturated carbocycles. The van der Waals surface area contributed by atoms with E-state index in [9.17, 15) is 8.42 Å². The smallest absolute Gasteiger partial charge is 0.265 e. The van der Waals surface area contributed by atoms with E-state index in [1.54, 1.807) is 18.4 Å². The van der Waals surface area contributed by atoms with Gasteiger partial charge in [0, 0.05) is 37.6 Å². The highest BCUT2D eigenvalue weighted by molar-refractivity contribution is 7.92. The number of sulfonamides is 1. The van der Waals surface area contributed by atoms with Crippen LogP contribution in [0.5, 0.6) is 5.75 Å². The minimum Gasteiger partial charge on any atom is -0.495 e. The molecule has 1 aromatic heterocycles.